The molecule has 0 saturated carbocycles. The molecule has 1 rings (SSSR count). The number of hydrogen-bond acceptors (Lipinski definition) is 4. The van der Waals surface area contributed by atoms with E-state index in [2.05, 4.69) is 12.1 Å². The van der Waals surface area contributed by atoms with Crippen LogP contribution in [0.15, 0.2) is 30.3 Å². The van der Waals surface area contributed by atoms with Crippen LogP contribution in [-0.4, -0.2) is 26.2 Å². The maximum absolute atomic E-state index is 11.8. The zero-order valence-corrected chi connectivity index (χ0v) is 13.1. The van der Waals surface area contributed by atoms with Gasteiger partial charge in [0.15, 0.2) is 0 Å². The summed E-state index contributed by atoms with van der Waals surface area (Å²) in [6.07, 6.45) is 4.21. The van der Waals surface area contributed by atoms with Crippen molar-refractivity contribution in [2.45, 2.75) is 32.1 Å². The summed E-state index contributed by atoms with van der Waals surface area (Å²) in [4.78, 5) is 11.7. The summed E-state index contributed by atoms with van der Waals surface area (Å²) in [6.45, 7) is 0. The van der Waals surface area contributed by atoms with Crippen LogP contribution >= 0.6 is 7.60 Å². The molecule has 4 nitrogen and oxygen atoms in total. The van der Waals surface area contributed by atoms with Crippen molar-refractivity contribution in [1.29, 1.82) is 0 Å². The molecule has 20 heavy (non-hydrogen) atoms. The minimum absolute atomic E-state index is 0.0586. The third-order valence-electron chi connectivity index (χ3n) is 3.19. The summed E-state index contributed by atoms with van der Waals surface area (Å²) in [7, 11) is -0.584. The van der Waals surface area contributed by atoms with Gasteiger partial charge in [0.1, 0.15) is 11.9 Å². The third-order valence-corrected chi connectivity index (χ3v) is 5.04. The van der Waals surface area contributed by atoms with E-state index in [9.17, 15) is 9.36 Å². The standard InChI is InChI=1S/C15H23O4P/c1-18-20(17,19-2)13-15(16)12-8-4-7-11-14-9-5-3-6-10-14/h3,5-6,9-10H,4,7-8,11-13H2,1-2H3. The summed E-state index contributed by atoms with van der Waals surface area (Å²) in [6, 6.07) is 10.3. The molecule has 0 saturated heterocycles. The van der Waals surface area contributed by atoms with E-state index < -0.39 is 7.60 Å². The molecule has 5 heteroatoms. The number of carbonyl (C=O) groups excluding carboxylic acids is 1. The van der Waals surface area contributed by atoms with Crippen LogP contribution in [0.5, 0.6) is 0 Å². The van der Waals surface area contributed by atoms with Crippen LogP contribution in [0.25, 0.3) is 0 Å². The van der Waals surface area contributed by atoms with Crippen LogP contribution < -0.4 is 0 Å². The van der Waals surface area contributed by atoms with Crippen LogP contribution in [-0.2, 0) is 24.8 Å². The highest BCUT2D eigenvalue weighted by Crippen LogP contribution is 2.46. The van der Waals surface area contributed by atoms with Crippen LogP contribution in [0, 0.1) is 0 Å². The largest absolute Gasteiger partial charge is 0.337 e. The quantitative estimate of drug-likeness (QED) is 0.486. The van der Waals surface area contributed by atoms with E-state index in [0.717, 1.165) is 25.7 Å². The fourth-order valence-electron chi connectivity index (χ4n) is 1.97. The number of unbranched alkanes of at least 4 members (excludes halogenated alkanes) is 2. The second-order valence-electron chi connectivity index (χ2n) is 4.72. The maximum Gasteiger partial charge on any atom is 0.337 e. The Hall–Kier alpha value is -0.960. The number of benzene rings is 1. The fraction of sp³-hybridized carbons (Fsp3) is 0.533. The SMILES string of the molecule is COP(=O)(CC(=O)CCCCCc1ccccc1)OC. The molecule has 0 amide bonds. The van der Waals surface area contributed by atoms with Gasteiger partial charge in [0.05, 0.1) is 0 Å². The Morgan fingerprint density at radius 2 is 1.70 bits per heavy atom. The Balaban J connectivity index is 2.15. The first-order valence-corrected chi connectivity index (χ1v) is 8.58. The maximum atomic E-state index is 11.8. The van der Waals surface area contributed by atoms with E-state index in [1.807, 2.05) is 18.2 Å². The smallest absolute Gasteiger partial charge is 0.312 e. The molecule has 0 spiro atoms. The Kier molecular flexibility index (Phi) is 7.75. The normalized spacial score (nSPS) is 11.5. The van der Waals surface area contributed by atoms with E-state index in [-0.39, 0.29) is 11.9 Å². The van der Waals surface area contributed by atoms with Gasteiger partial charge >= 0.3 is 7.60 Å². The Bertz CT molecular complexity index is 436. The van der Waals surface area contributed by atoms with Crippen LogP contribution in [0.2, 0.25) is 0 Å². The number of carbonyl (C=O) groups is 1. The Labute approximate surface area is 121 Å². The second kappa shape index (κ2) is 9.06. The van der Waals surface area contributed by atoms with E-state index in [1.165, 1.54) is 19.8 Å². The van der Waals surface area contributed by atoms with Gasteiger partial charge in [-0.25, -0.2) is 0 Å². The van der Waals surface area contributed by atoms with Crippen LogP contribution in [0.3, 0.4) is 0 Å². The topological polar surface area (TPSA) is 52.6 Å². The number of rotatable bonds is 10. The molecule has 0 fully saturated rings. The van der Waals surface area contributed by atoms with E-state index in [4.69, 9.17) is 9.05 Å². The molecule has 1 aromatic rings. The van der Waals surface area contributed by atoms with Crippen molar-refractivity contribution >= 4 is 13.4 Å². The van der Waals surface area contributed by atoms with Gasteiger partial charge in [0, 0.05) is 20.6 Å². The lowest BCUT2D eigenvalue weighted by Crippen LogP contribution is -2.07. The molecule has 0 heterocycles. The lowest BCUT2D eigenvalue weighted by atomic mass is 10.1. The van der Waals surface area contributed by atoms with Gasteiger partial charge in [0.2, 0.25) is 0 Å². The zero-order chi connectivity index (χ0) is 14.8. The monoisotopic (exact) mass is 298 g/mol. The van der Waals surface area contributed by atoms with Crippen molar-refractivity contribution in [2.75, 3.05) is 20.4 Å². The van der Waals surface area contributed by atoms with E-state index in [1.54, 1.807) is 0 Å². The molecule has 0 atom stereocenters. The van der Waals surface area contributed by atoms with Gasteiger partial charge in [-0.1, -0.05) is 36.8 Å². The molecule has 0 radical (unpaired) electrons. The zero-order valence-electron chi connectivity index (χ0n) is 12.2. The van der Waals surface area contributed by atoms with Crippen molar-refractivity contribution < 1.29 is 18.4 Å². The summed E-state index contributed by atoms with van der Waals surface area (Å²) < 4.78 is 21.3. The molecule has 0 N–H and O–H groups in total. The molecule has 1 aromatic carbocycles. The molecule has 0 bridgehead atoms. The molecule has 112 valence electrons. The summed E-state index contributed by atoms with van der Waals surface area (Å²) in [5, 5.41) is 0. The molecule has 0 unspecified atom stereocenters. The summed E-state index contributed by atoms with van der Waals surface area (Å²) in [5.41, 5.74) is 1.32. The highest BCUT2D eigenvalue weighted by Gasteiger charge is 2.24. The van der Waals surface area contributed by atoms with Crippen LogP contribution in [0.4, 0.5) is 0 Å². The van der Waals surface area contributed by atoms with Gasteiger partial charge in [-0.15, -0.1) is 0 Å². The lowest BCUT2D eigenvalue weighted by Gasteiger charge is -2.12. The second-order valence-corrected chi connectivity index (χ2v) is 6.99. The first kappa shape index (κ1) is 17.1. The van der Waals surface area contributed by atoms with Crippen molar-refractivity contribution in [3.8, 4) is 0 Å². The van der Waals surface area contributed by atoms with Crippen molar-refractivity contribution in [1.82, 2.24) is 0 Å². The summed E-state index contributed by atoms with van der Waals surface area (Å²) in [5.74, 6) is -0.0586. The van der Waals surface area contributed by atoms with E-state index in [0.29, 0.717) is 6.42 Å². The van der Waals surface area contributed by atoms with Crippen molar-refractivity contribution in [3.63, 3.8) is 0 Å². The molecule has 0 aliphatic carbocycles. The Morgan fingerprint density at radius 3 is 2.30 bits per heavy atom. The molecule has 0 aliphatic heterocycles. The highest BCUT2D eigenvalue weighted by molar-refractivity contribution is 7.54. The van der Waals surface area contributed by atoms with Crippen LogP contribution in [0.1, 0.15) is 31.2 Å². The lowest BCUT2D eigenvalue weighted by molar-refractivity contribution is -0.117. The first-order valence-electron chi connectivity index (χ1n) is 6.86. The predicted octanol–water partition coefficient (Wildman–Crippen LogP) is 3.84. The van der Waals surface area contributed by atoms with E-state index >= 15 is 0 Å². The Morgan fingerprint density at radius 1 is 1.05 bits per heavy atom. The van der Waals surface area contributed by atoms with Gasteiger partial charge in [0.25, 0.3) is 0 Å². The average molecular weight is 298 g/mol. The average Bonchev–Trinajstić information content (AvgIpc) is 2.48. The van der Waals surface area contributed by atoms with Crippen molar-refractivity contribution in [3.05, 3.63) is 35.9 Å². The van der Waals surface area contributed by atoms with Crippen molar-refractivity contribution in [2.24, 2.45) is 0 Å². The fourth-order valence-corrected chi connectivity index (χ4v) is 2.97. The predicted molar refractivity (Wildman–Crippen MR) is 80.1 cm³/mol. The minimum atomic E-state index is -3.19. The molecule has 0 aromatic heterocycles. The minimum Gasteiger partial charge on any atom is -0.312 e. The van der Waals surface area contributed by atoms with Gasteiger partial charge < -0.3 is 9.05 Å². The molecule has 0 aliphatic rings. The number of ketones is 1. The summed E-state index contributed by atoms with van der Waals surface area (Å²) >= 11 is 0. The first-order chi connectivity index (χ1) is 9.59. The molecular formula is C15H23O4P. The number of Topliss-reactive ketones (excluding diaryl/α,β-unsaturated/α-hetero) is 1. The van der Waals surface area contributed by atoms with Gasteiger partial charge in [-0.05, 0) is 24.8 Å². The highest BCUT2D eigenvalue weighted by atomic mass is 31.2. The van der Waals surface area contributed by atoms with Gasteiger partial charge in [-0.2, -0.15) is 0 Å². The third kappa shape index (κ3) is 6.47. The van der Waals surface area contributed by atoms with Gasteiger partial charge in [-0.3, -0.25) is 9.36 Å². The molecular weight excluding hydrogens is 275 g/mol. The number of aryl methyl sites for hydroxylation is 1. The number of hydrogen-bond donors (Lipinski definition) is 0.